The summed E-state index contributed by atoms with van der Waals surface area (Å²) in [5, 5.41) is 0. The molecule has 142 valence electrons. The fraction of sp³-hybridized carbons (Fsp3) is 0.529. The van der Waals surface area contributed by atoms with Crippen LogP contribution in [0.25, 0.3) is 0 Å². The Hall–Kier alpha value is -1.97. The molecule has 2 fully saturated rings. The van der Waals surface area contributed by atoms with Crippen LogP contribution in [0.2, 0.25) is 0 Å². The molecular formula is C17H23N3O5S. The van der Waals surface area contributed by atoms with E-state index in [0.717, 1.165) is 19.3 Å². The van der Waals surface area contributed by atoms with Crippen molar-refractivity contribution in [1.29, 1.82) is 0 Å². The maximum Gasteiger partial charge on any atom is 0.253 e. The van der Waals surface area contributed by atoms with Crippen molar-refractivity contribution in [1.82, 2.24) is 14.5 Å². The van der Waals surface area contributed by atoms with Crippen molar-refractivity contribution in [2.75, 3.05) is 39.3 Å². The largest absolute Gasteiger partial charge is 0.377 e. The summed E-state index contributed by atoms with van der Waals surface area (Å²) in [6.07, 6.45) is 2.51. The molecular weight excluding hydrogens is 358 g/mol. The Morgan fingerprint density at radius 1 is 1.19 bits per heavy atom. The van der Waals surface area contributed by atoms with E-state index in [9.17, 15) is 18.0 Å². The Kier molecular flexibility index (Phi) is 5.90. The summed E-state index contributed by atoms with van der Waals surface area (Å²) in [5.41, 5.74) is 0.433. The van der Waals surface area contributed by atoms with Gasteiger partial charge >= 0.3 is 0 Å². The number of hydrogen-bond donors (Lipinski definition) is 1. The van der Waals surface area contributed by atoms with Crippen LogP contribution in [0, 0.1) is 0 Å². The van der Waals surface area contributed by atoms with Gasteiger partial charge in [0.05, 0.1) is 11.0 Å². The van der Waals surface area contributed by atoms with E-state index in [1.807, 2.05) is 0 Å². The first-order valence-electron chi connectivity index (χ1n) is 8.69. The molecule has 0 bridgehead atoms. The molecule has 0 radical (unpaired) electrons. The van der Waals surface area contributed by atoms with Crippen LogP contribution in [-0.2, 0) is 19.6 Å². The maximum atomic E-state index is 12.5. The number of piperazine rings is 1. The van der Waals surface area contributed by atoms with Crippen LogP contribution < -0.4 is 4.72 Å². The molecule has 1 N–H and O–H groups in total. The Bertz CT molecular complexity index is 736. The van der Waals surface area contributed by atoms with Crippen molar-refractivity contribution in [3.05, 3.63) is 29.8 Å². The van der Waals surface area contributed by atoms with Gasteiger partial charge in [0.15, 0.2) is 0 Å². The zero-order chi connectivity index (χ0) is 18.6. The second-order valence-corrected chi connectivity index (χ2v) is 8.21. The average Bonchev–Trinajstić information content (AvgIpc) is 3.20. The molecule has 1 aromatic rings. The van der Waals surface area contributed by atoms with E-state index in [4.69, 9.17) is 4.74 Å². The van der Waals surface area contributed by atoms with Gasteiger partial charge in [-0.3, -0.25) is 9.59 Å². The van der Waals surface area contributed by atoms with E-state index in [1.54, 1.807) is 9.80 Å². The third-order valence-electron chi connectivity index (χ3n) is 4.69. The quantitative estimate of drug-likeness (QED) is 0.703. The van der Waals surface area contributed by atoms with Crippen LogP contribution in [0.1, 0.15) is 23.2 Å². The molecule has 26 heavy (non-hydrogen) atoms. The third kappa shape index (κ3) is 4.40. The van der Waals surface area contributed by atoms with E-state index in [-0.39, 0.29) is 23.5 Å². The number of hydrogen-bond acceptors (Lipinski definition) is 5. The predicted molar refractivity (Wildman–Crippen MR) is 94.1 cm³/mol. The number of amides is 2. The molecule has 2 heterocycles. The smallest absolute Gasteiger partial charge is 0.253 e. The van der Waals surface area contributed by atoms with E-state index < -0.39 is 10.0 Å². The highest BCUT2D eigenvalue weighted by molar-refractivity contribution is 7.89. The van der Waals surface area contributed by atoms with Crippen molar-refractivity contribution in [2.45, 2.75) is 23.8 Å². The Labute approximate surface area is 153 Å². The fourth-order valence-corrected chi connectivity index (χ4v) is 4.15. The Morgan fingerprint density at radius 3 is 2.46 bits per heavy atom. The summed E-state index contributed by atoms with van der Waals surface area (Å²) < 4.78 is 32.6. The van der Waals surface area contributed by atoms with Crippen LogP contribution in [0.3, 0.4) is 0 Å². The zero-order valence-corrected chi connectivity index (χ0v) is 15.3. The van der Waals surface area contributed by atoms with Crippen molar-refractivity contribution in [3.63, 3.8) is 0 Å². The zero-order valence-electron chi connectivity index (χ0n) is 14.5. The number of carbonyl (C=O) groups is 2. The van der Waals surface area contributed by atoms with Crippen molar-refractivity contribution >= 4 is 22.3 Å². The van der Waals surface area contributed by atoms with Crippen molar-refractivity contribution in [2.24, 2.45) is 0 Å². The van der Waals surface area contributed by atoms with Crippen LogP contribution in [-0.4, -0.2) is 76.0 Å². The topological polar surface area (TPSA) is 96.0 Å². The van der Waals surface area contributed by atoms with Crippen molar-refractivity contribution < 1.29 is 22.7 Å². The lowest BCUT2D eigenvalue weighted by Crippen LogP contribution is -2.48. The molecule has 1 unspecified atom stereocenters. The molecule has 2 saturated heterocycles. The number of ether oxygens (including phenoxy) is 1. The molecule has 0 spiro atoms. The molecule has 1 atom stereocenters. The molecule has 2 aliphatic rings. The van der Waals surface area contributed by atoms with Gasteiger partial charge in [0.1, 0.15) is 0 Å². The van der Waals surface area contributed by atoms with Crippen molar-refractivity contribution in [3.8, 4) is 0 Å². The lowest BCUT2D eigenvalue weighted by Gasteiger charge is -2.32. The van der Waals surface area contributed by atoms with Gasteiger partial charge < -0.3 is 14.5 Å². The predicted octanol–water partition coefficient (Wildman–Crippen LogP) is 0.0581. The molecule has 2 aliphatic heterocycles. The molecule has 2 amide bonds. The highest BCUT2D eigenvalue weighted by Gasteiger charge is 2.23. The average molecular weight is 381 g/mol. The number of rotatable bonds is 6. The van der Waals surface area contributed by atoms with Gasteiger partial charge in [0.25, 0.3) is 5.91 Å². The van der Waals surface area contributed by atoms with E-state index in [1.165, 1.54) is 24.3 Å². The SMILES string of the molecule is O=CN1CCN(C(=O)c2ccc(S(=O)(=O)NCC3CCCO3)cc2)CC1. The summed E-state index contributed by atoms with van der Waals surface area (Å²) in [7, 11) is -3.63. The first-order chi connectivity index (χ1) is 12.5. The lowest BCUT2D eigenvalue weighted by molar-refractivity contribution is -0.119. The van der Waals surface area contributed by atoms with Gasteiger partial charge in [0.2, 0.25) is 16.4 Å². The van der Waals surface area contributed by atoms with Gasteiger partial charge in [-0.05, 0) is 37.1 Å². The maximum absolute atomic E-state index is 12.5. The van der Waals surface area contributed by atoms with Gasteiger partial charge in [0, 0.05) is 44.9 Å². The first kappa shape index (κ1) is 18.8. The molecule has 0 saturated carbocycles. The van der Waals surface area contributed by atoms with E-state index >= 15 is 0 Å². The molecule has 1 aromatic carbocycles. The second-order valence-electron chi connectivity index (χ2n) is 6.44. The van der Waals surface area contributed by atoms with E-state index in [0.29, 0.717) is 38.3 Å². The minimum absolute atomic E-state index is 0.0735. The molecule has 3 rings (SSSR count). The molecule has 0 aromatic heterocycles. The number of sulfonamides is 1. The highest BCUT2D eigenvalue weighted by atomic mass is 32.2. The number of carbonyl (C=O) groups excluding carboxylic acids is 2. The van der Waals surface area contributed by atoms with Crippen LogP contribution in [0.5, 0.6) is 0 Å². The highest BCUT2D eigenvalue weighted by Crippen LogP contribution is 2.15. The number of nitrogens with one attached hydrogen (secondary N) is 1. The molecule has 9 heteroatoms. The fourth-order valence-electron chi connectivity index (χ4n) is 3.08. The lowest BCUT2D eigenvalue weighted by atomic mass is 10.2. The minimum atomic E-state index is -3.63. The van der Waals surface area contributed by atoms with Gasteiger partial charge in [-0.25, -0.2) is 13.1 Å². The van der Waals surface area contributed by atoms with Gasteiger partial charge in [-0.2, -0.15) is 0 Å². The summed E-state index contributed by atoms with van der Waals surface area (Å²) in [5.74, 6) is -0.160. The second kappa shape index (κ2) is 8.15. The summed E-state index contributed by atoms with van der Waals surface area (Å²) >= 11 is 0. The van der Waals surface area contributed by atoms with Crippen LogP contribution in [0.4, 0.5) is 0 Å². The number of nitrogens with zero attached hydrogens (tertiary/aromatic N) is 2. The molecule has 0 aliphatic carbocycles. The van der Waals surface area contributed by atoms with Gasteiger partial charge in [-0.1, -0.05) is 0 Å². The third-order valence-corrected chi connectivity index (χ3v) is 6.13. The Balaban J connectivity index is 1.60. The minimum Gasteiger partial charge on any atom is -0.377 e. The van der Waals surface area contributed by atoms with E-state index in [2.05, 4.69) is 4.72 Å². The normalized spacial score (nSPS) is 21.0. The first-order valence-corrected chi connectivity index (χ1v) is 10.2. The standard InChI is InChI=1S/C17H23N3O5S/c21-13-19-7-9-20(10-8-19)17(22)14-3-5-16(6-4-14)26(23,24)18-12-15-2-1-11-25-15/h3-6,13,15,18H,1-2,7-12H2. The number of benzene rings is 1. The summed E-state index contributed by atoms with van der Waals surface area (Å²) in [6.45, 7) is 2.89. The monoisotopic (exact) mass is 381 g/mol. The molecule has 8 nitrogen and oxygen atoms in total. The Morgan fingerprint density at radius 2 is 1.88 bits per heavy atom. The van der Waals surface area contributed by atoms with Gasteiger partial charge in [-0.15, -0.1) is 0 Å². The summed E-state index contributed by atoms with van der Waals surface area (Å²) in [6, 6.07) is 5.92. The summed E-state index contributed by atoms with van der Waals surface area (Å²) in [4.78, 5) is 26.6. The van der Waals surface area contributed by atoms with Crippen LogP contribution in [0.15, 0.2) is 29.2 Å². The van der Waals surface area contributed by atoms with Crippen LogP contribution >= 0.6 is 0 Å².